The normalized spacial score (nSPS) is 11.0. The maximum Gasteiger partial charge on any atom is 0.203 e. The Morgan fingerprint density at radius 1 is 1.12 bits per heavy atom. The van der Waals surface area contributed by atoms with E-state index in [0.29, 0.717) is 12.3 Å². The Bertz CT molecular complexity index is 878. The summed E-state index contributed by atoms with van der Waals surface area (Å²) in [5.41, 5.74) is 3.48. The summed E-state index contributed by atoms with van der Waals surface area (Å²) in [7, 11) is 1.77. The molecule has 0 N–H and O–H groups in total. The zero-order valence-corrected chi connectivity index (χ0v) is 14.3. The molecule has 0 unspecified atom stereocenters. The molecule has 0 bridgehead atoms. The van der Waals surface area contributed by atoms with Gasteiger partial charge in [0.2, 0.25) is 5.78 Å². The molecule has 3 aromatic rings. The predicted molar refractivity (Wildman–Crippen MR) is 98.5 cm³/mol. The van der Waals surface area contributed by atoms with Crippen molar-refractivity contribution in [2.45, 2.75) is 13.5 Å². The van der Waals surface area contributed by atoms with Crippen LogP contribution in [0.3, 0.4) is 0 Å². The first-order valence-electron chi connectivity index (χ1n) is 8.11. The Labute approximate surface area is 147 Å². The summed E-state index contributed by atoms with van der Waals surface area (Å²) in [6.45, 7) is 2.41. The van der Waals surface area contributed by atoms with Crippen molar-refractivity contribution in [1.29, 1.82) is 0 Å². The number of hydrogen-bond acceptors (Lipinski definition) is 3. The second-order valence-electron chi connectivity index (χ2n) is 5.84. The van der Waals surface area contributed by atoms with Crippen molar-refractivity contribution in [3.05, 3.63) is 89.3 Å². The van der Waals surface area contributed by atoms with Crippen molar-refractivity contribution in [3.8, 4) is 5.75 Å². The zero-order chi connectivity index (χ0) is 17.6. The molecule has 25 heavy (non-hydrogen) atoms. The second kappa shape index (κ2) is 7.62. The molecular formula is C21H20N2O2. The molecule has 0 aliphatic heterocycles. The highest BCUT2D eigenvalue weighted by molar-refractivity contribution is 6.05. The van der Waals surface area contributed by atoms with Gasteiger partial charge in [-0.05, 0) is 42.3 Å². The van der Waals surface area contributed by atoms with Crippen LogP contribution in [-0.2, 0) is 13.7 Å². The van der Waals surface area contributed by atoms with Crippen LogP contribution in [0.5, 0.6) is 5.75 Å². The molecule has 0 atom stereocenters. The Balaban J connectivity index is 1.60. The van der Waals surface area contributed by atoms with Gasteiger partial charge in [-0.2, -0.15) is 5.10 Å². The van der Waals surface area contributed by atoms with E-state index in [1.165, 1.54) is 0 Å². The number of carbonyl (C=O) groups is 1. The number of carbonyl (C=O) groups excluding carboxylic acids is 1. The lowest BCUT2D eigenvalue weighted by Gasteiger charge is -2.06. The molecule has 4 heteroatoms. The fraction of sp³-hybridized carbons (Fsp3) is 0.143. The van der Waals surface area contributed by atoms with Crippen molar-refractivity contribution >= 4 is 11.9 Å². The predicted octanol–water partition coefficient (Wildman–Crippen LogP) is 4.20. The second-order valence-corrected chi connectivity index (χ2v) is 5.84. The average Bonchev–Trinajstić information content (AvgIpc) is 2.98. The number of aryl methyl sites for hydroxylation is 2. The van der Waals surface area contributed by atoms with E-state index in [1.54, 1.807) is 29.9 Å². The monoisotopic (exact) mass is 332 g/mol. The molecule has 2 aromatic carbocycles. The minimum Gasteiger partial charge on any atom is -0.489 e. The number of allylic oxidation sites excluding steroid dienone is 1. The number of benzene rings is 2. The third kappa shape index (κ3) is 4.44. The van der Waals surface area contributed by atoms with Crippen LogP contribution in [0.2, 0.25) is 0 Å². The first-order chi connectivity index (χ1) is 12.1. The Kier molecular flexibility index (Phi) is 5.09. The molecule has 1 heterocycles. The van der Waals surface area contributed by atoms with Gasteiger partial charge in [0, 0.05) is 7.05 Å². The molecule has 0 aliphatic rings. The van der Waals surface area contributed by atoms with Crippen LogP contribution in [0.15, 0.2) is 66.7 Å². The molecule has 4 nitrogen and oxygen atoms in total. The van der Waals surface area contributed by atoms with Gasteiger partial charge in [0.05, 0.1) is 5.69 Å². The molecule has 0 saturated heterocycles. The summed E-state index contributed by atoms with van der Waals surface area (Å²) in [6.07, 6.45) is 3.36. The first-order valence-corrected chi connectivity index (χ1v) is 8.11. The van der Waals surface area contributed by atoms with Crippen molar-refractivity contribution in [3.63, 3.8) is 0 Å². The van der Waals surface area contributed by atoms with E-state index in [4.69, 9.17) is 4.74 Å². The maximum absolute atomic E-state index is 12.2. The highest BCUT2D eigenvalue weighted by atomic mass is 16.5. The van der Waals surface area contributed by atoms with Crippen molar-refractivity contribution < 1.29 is 9.53 Å². The number of nitrogens with zero attached hydrogens (tertiary/aromatic N) is 2. The van der Waals surface area contributed by atoms with Gasteiger partial charge in [-0.15, -0.1) is 0 Å². The van der Waals surface area contributed by atoms with E-state index >= 15 is 0 Å². The quantitative estimate of drug-likeness (QED) is 0.502. The third-order valence-corrected chi connectivity index (χ3v) is 3.81. The summed E-state index contributed by atoms with van der Waals surface area (Å²) in [5, 5.41) is 4.19. The van der Waals surface area contributed by atoms with E-state index in [9.17, 15) is 4.79 Å². The van der Waals surface area contributed by atoms with Crippen LogP contribution < -0.4 is 4.74 Å². The van der Waals surface area contributed by atoms with E-state index < -0.39 is 0 Å². The molecule has 0 radical (unpaired) electrons. The molecule has 126 valence electrons. The Hall–Kier alpha value is -3.14. The largest absolute Gasteiger partial charge is 0.489 e. The van der Waals surface area contributed by atoms with Crippen LogP contribution in [0.1, 0.15) is 27.3 Å². The summed E-state index contributed by atoms with van der Waals surface area (Å²) in [4.78, 5) is 12.2. The Morgan fingerprint density at radius 2 is 1.84 bits per heavy atom. The van der Waals surface area contributed by atoms with Crippen LogP contribution in [0, 0.1) is 6.92 Å². The van der Waals surface area contributed by atoms with Gasteiger partial charge in [-0.25, -0.2) is 0 Å². The fourth-order valence-corrected chi connectivity index (χ4v) is 2.51. The van der Waals surface area contributed by atoms with Crippen molar-refractivity contribution in [2.24, 2.45) is 7.05 Å². The molecule has 0 fully saturated rings. The van der Waals surface area contributed by atoms with Gasteiger partial charge < -0.3 is 4.74 Å². The van der Waals surface area contributed by atoms with Crippen molar-refractivity contribution in [1.82, 2.24) is 9.78 Å². The van der Waals surface area contributed by atoms with E-state index in [-0.39, 0.29) is 5.78 Å². The van der Waals surface area contributed by atoms with E-state index in [2.05, 4.69) is 5.10 Å². The zero-order valence-electron chi connectivity index (χ0n) is 14.3. The molecule has 0 spiro atoms. The topological polar surface area (TPSA) is 44.1 Å². The summed E-state index contributed by atoms with van der Waals surface area (Å²) in [6, 6.07) is 19.5. The minimum atomic E-state index is -0.0625. The van der Waals surface area contributed by atoms with Gasteiger partial charge in [0.1, 0.15) is 18.1 Å². The smallest absolute Gasteiger partial charge is 0.203 e. The summed E-state index contributed by atoms with van der Waals surface area (Å²) < 4.78 is 7.36. The van der Waals surface area contributed by atoms with Crippen LogP contribution in [0.4, 0.5) is 0 Å². The third-order valence-electron chi connectivity index (χ3n) is 3.81. The van der Waals surface area contributed by atoms with Crippen molar-refractivity contribution in [2.75, 3.05) is 0 Å². The number of aromatic nitrogens is 2. The first kappa shape index (κ1) is 16.7. The number of rotatable bonds is 6. The van der Waals surface area contributed by atoms with Gasteiger partial charge in [0.25, 0.3) is 0 Å². The number of hydrogen-bond donors (Lipinski definition) is 0. The molecule has 0 aliphatic carbocycles. The molecule has 0 saturated carbocycles. The van der Waals surface area contributed by atoms with Crippen LogP contribution >= 0.6 is 0 Å². The van der Waals surface area contributed by atoms with Gasteiger partial charge in [-0.3, -0.25) is 9.48 Å². The summed E-state index contributed by atoms with van der Waals surface area (Å²) in [5.74, 6) is 0.738. The van der Waals surface area contributed by atoms with E-state index in [0.717, 1.165) is 22.6 Å². The number of ether oxygens (including phenoxy) is 1. The highest BCUT2D eigenvalue weighted by Crippen LogP contribution is 2.15. The van der Waals surface area contributed by atoms with Crippen LogP contribution in [-0.4, -0.2) is 15.6 Å². The molecular weight excluding hydrogens is 312 g/mol. The standard InChI is InChI=1S/C21H20N2O2/c1-16-14-20(23(2)22-16)21(24)13-10-17-8-11-19(12-9-17)25-15-18-6-4-3-5-7-18/h3-14H,15H2,1-2H3/b13-10+. The highest BCUT2D eigenvalue weighted by Gasteiger charge is 2.08. The summed E-state index contributed by atoms with van der Waals surface area (Å²) >= 11 is 0. The van der Waals surface area contributed by atoms with Gasteiger partial charge in [-0.1, -0.05) is 48.5 Å². The maximum atomic E-state index is 12.2. The van der Waals surface area contributed by atoms with E-state index in [1.807, 2.05) is 61.5 Å². The lowest BCUT2D eigenvalue weighted by Crippen LogP contribution is -2.03. The van der Waals surface area contributed by atoms with Gasteiger partial charge >= 0.3 is 0 Å². The minimum absolute atomic E-state index is 0.0625. The molecule has 1 aromatic heterocycles. The lowest BCUT2D eigenvalue weighted by molar-refractivity contribution is 0.103. The SMILES string of the molecule is Cc1cc(C(=O)/C=C/c2ccc(OCc3ccccc3)cc2)n(C)n1. The Morgan fingerprint density at radius 3 is 2.48 bits per heavy atom. The number of ketones is 1. The fourth-order valence-electron chi connectivity index (χ4n) is 2.51. The van der Waals surface area contributed by atoms with Gasteiger partial charge in [0.15, 0.2) is 0 Å². The molecule has 3 rings (SSSR count). The van der Waals surface area contributed by atoms with Crippen LogP contribution in [0.25, 0.3) is 6.08 Å². The lowest BCUT2D eigenvalue weighted by atomic mass is 10.1. The average molecular weight is 332 g/mol. The molecule has 0 amide bonds.